The number of hydrogen-bond acceptors (Lipinski definition) is 9. The van der Waals surface area contributed by atoms with E-state index in [4.69, 9.17) is 28.8 Å². The molecule has 0 fully saturated rings. The van der Waals surface area contributed by atoms with Crippen LogP contribution in [0.25, 0.3) is 16.3 Å². The zero-order valence-corrected chi connectivity index (χ0v) is 18.6. The Bertz CT molecular complexity index is 1190. The largest absolute Gasteiger partial charge is 0.493 e. The van der Waals surface area contributed by atoms with Crippen molar-refractivity contribution >= 4 is 16.3 Å². The van der Waals surface area contributed by atoms with Crippen LogP contribution in [0.3, 0.4) is 0 Å². The van der Waals surface area contributed by atoms with E-state index in [-0.39, 0.29) is 0 Å². The Balaban J connectivity index is 1.70. The molecule has 0 saturated carbocycles. The van der Waals surface area contributed by atoms with E-state index in [1.807, 2.05) is 30.3 Å². The van der Waals surface area contributed by atoms with Crippen molar-refractivity contribution in [2.24, 2.45) is 0 Å². The Morgan fingerprint density at radius 3 is 2.06 bits per heavy atom. The standard InChI is InChI=1S/C21H22N4O5S/c1-26-14-7-6-12(8-15(14)27-2)9-18-24-25-20(22-23-21(25)31-18)13-10-16(28-3)19(30-5)17(11-13)29-4/h6-8,10-11H,9H2,1-5H3. The molecule has 0 unspecified atom stereocenters. The van der Waals surface area contributed by atoms with Gasteiger partial charge in [-0.05, 0) is 29.8 Å². The minimum Gasteiger partial charge on any atom is -0.493 e. The van der Waals surface area contributed by atoms with Crippen LogP contribution in [-0.2, 0) is 6.42 Å². The van der Waals surface area contributed by atoms with E-state index in [0.29, 0.717) is 46.0 Å². The monoisotopic (exact) mass is 442 g/mol. The van der Waals surface area contributed by atoms with Crippen molar-refractivity contribution < 1.29 is 23.7 Å². The molecule has 0 saturated heterocycles. The molecule has 0 aliphatic carbocycles. The lowest BCUT2D eigenvalue weighted by Gasteiger charge is -2.13. The summed E-state index contributed by atoms with van der Waals surface area (Å²) in [7, 11) is 7.95. The molecule has 0 radical (unpaired) electrons. The SMILES string of the molecule is COc1ccc(Cc2nn3c(-c4cc(OC)c(OC)c(OC)c4)nnc3s2)cc1OC. The molecule has 0 N–H and O–H groups in total. The summed E-state index contributed by atoms with van der Waals surface area (Å²) >= 11 is 1.48. The number of nitrogens with zero attached hydrogens (tertiary/aromatic N) is 4. The smallest absolute Gasteiger partial charge is 0.234 e. The first-order valence-electron chi connectivity index (χ1n) is 9.34. The van der Waals surface area contributed by atoms with Crippen molar-refractivity contribution in [3.63, 3.8) is 0 Å². The summed E-state index contributed by atoms with van der Waals surface area (Å²) in [5.41, 5.74) is 1.81. The number of fused-ring (bicyclic) bond motifs is 1. The van der Waals surface area contributed by atoms with Crippen molar-refractivity contribution in [2.75, 3.05) is 35.5 Å². The second kappa shape index (κ2) is 8.68. The highest BCUT2D eigenvalue weighted by Crippen LogP contribution is 2.41. The van der Waals surface area contributed by atoms with E-state index in [1.165, 1.54) is 11.3 Å². The average molecular weight is 442 g/mol. The molecule has 0 aliphatic rings. The maximum Gasteiger partial charge on any atom is 0.234 e. The molecule has 0 spiro atoms. The molecule has 0 amide bonds. The lowest BCUT2D eigenvalue weighted by molar-refractivity contribution is 0.324. The molecule has 4 aromatic rings. The van der Waals surface area contributed by atoms with Crippen LogP contribution in [0.2, 0.25) is 0 Å². The van der Waals surface area contributed by atoms with Gasteiger partial charge in [-0.25, -0.2) is 0 Å². The van der Waals surface area contributed by atoms with Gasteiger partial charge in [0.05, 0.1) is 35.5 Å². The van der Waals surface area contributed by atoms with Gasteiger partial charge in [-0.1, -0.05) is 17.4 Å². The van der Waals surface area contributed by atoms with Crippen molar-refractivity contribution in [3.8, 4) is 40.1 Å². The number of hydrogen-bond donors (Lipinski definition) is 0. The van der Waals surface area contributed by atoms with Crippen LogP contribution in [0.15, 0.2) is 30.3 Å². The normalized spacial score (nSPS) is 10.9. The summed E-state index contributed by atoms with van der Waals surface area (Å²) in [5.74, 6) is 3.55. The van der Waals surface area contributed by atoms with Gasteiger partial charge in [0, 0.05) is 12.0 Å². The van der Waals surface area contributed by atoms with Crippen LogP contribution >= 0.6 is 11.3 Å². The second-order valence-corrected chi connectivity index (χ2v) is 7.53. The maximum absolute atomic E-state index is 5.45. The fourth-order valence-electron chi connectivity index (χ4n) is 3.28. The lowest BCUT2D eigenvalue weighted by atomic mass is 10.1. The van der Waals surface area contributed by atoms with E-state index in [9.17, 15) is 0 Å². The molecule has 162 valence electrons. The number of ether oxygens (including phenoxy) is 5. The lowest BCUT2D eigenvalue weighted by Crippen LogP contribution is -1.98. The van der Waals surface area contributed by atoms with Crippen molar-refractivity contribution in [2.45, 2.75) is 6.42 Å². The molecule has 0 atom stereocenters. The molecule has 0 aliphatic heterocycles. The van der Waals surface area contributed by atoms with Gasteiger partial charge >= 0.3 is 0 Å². The fraction of sp³-hybridized carbons (Fsp3) is 0.286. The highest BCUT2D eigenvalue weighted by Gasteiger charge is 2.19. The molecule has 31 heavy (non-hydrogen) atoms. The van der Waals surface area contributed by atoms with Crippen LogP contribution in [0.5, 0.6) is 28.7 Å². The first kappa shape index (κ1) is 20.7. The highest BCUT2D eigenvalue weighted by atomic mass is 32.1. The van der Waals surface area contributed by atoms with E-state index in [2.05, 4.69) is 10.2 Å². The summed E-state index contributed by atoms with van der Waals surface area (Å²) in [6.45, 7) is 0. The molecule has 0 bridgehead atoms. The van der Waals surface area contributed by atoms with Crippen molar-refractivity contribution in [1.29, 1.82) is 0 Å². The van der Waals surface area contributed by atoms with Gasteiger partial charge in [-0.15, -0.1) is 10.2 Å². The predicted octanol–water partition coefficient (Wildman–Crippen LogP) is 3.49. The van der Waals surface area contributed by atoms with Gasteiger partial charge in [0.1, 0.15) is 5.01 Å². The molecule has 4 rings (SSSR count). The molecule has 2 aromatic heterocycles. The predicted molar refractivity (Wildman–Crippen MR) is 116 cm³/mol. The second-order valence-electron chi connectivity index (χ2n) is 6.49. The van der Waals surface area contributed by atoms with E-state index >= 15 is 0 Å². The van der Waals surface area contributed by atoms with Crippen molar-refractivity contribution in [3.05, 3.63) is 40.9 Å². The average Bonchev–Trinajstić information content (AvgIpc) is 3.38. The van der Waals surface area contributed by atoms with E-state index in [1.54, 1.807) is 40.1 Å². The number of benzene rings is 2. The number of methoxy groups -OCH3 is 5. The Labute approximate surface area is 183 Å². The van der Waals surface area contributed by atoms with Crippen molar-refractivity contribution in [1.82, 2.24) is 19.8 Å². The van der Waals surface area contributed by atoms with Crippen LogP contribution < -0.4 is 23.7 Å². The Morgan fingerprint density at radius 2 is 1.45 bits per heavy atom. The summed E-state index contributed by atoms with van der Waals surface area (Å²) in [6, 6.07) is 9.47. The van der Waals surface area contributed by atoms with Crippen LogP contribution in [0.4, 0.5) is 0 Å². The molecule has 9 nitrogen and oxygen atoms in total. The number of aromatic nitrogens is 4. The summed E-state index contributed by atoms with van der Waals surface area (Å²) in [6.07, 6.45) is 0.628. The molecular formula is C21H22N4O5S. The molecule has 2 aromatic carbocycles. The zero-order valence-electron chi connectivity index (χ0n) is 17.8. The Kier molecular flexibility index (Phi) is 5.81. The molecular weight excluding hydrogens is 420 g/mol. The topological polar surface area (TPSA) is 89.2 Å². The van der Waals surface area contributed by atoms with Crippen LogP contribution in [0, 0.1) is 0 Å². The third-order valence-electron chi connectivity index (χ3n) is 4.76. The van der Waals surface area contributed by atoms with Crippen LogP contribution in [0.1, 0.15) is 10.6 Å². The van der Waals surface area contributed by atoms with Gasteiger partial charge in [-0.3, -0.25) is 0 Å². The Morgan fingerprint density at radius 1 is 0.774 bits per heavy atom. The molecule has 10 heteroatoms. The van der Waals surface area contributed by atoms with Gasteiger partial charge in [-0.2, -0.15) is 9.61 Å². The minimum absolute atomic E-state index is 0.516. The van der Waals surface area contributed by atoms with Gasteiger partial charge in [0.15, 0.2) is 28.8 Å². The van der Waals surface area contributed by atoms with E-state index < -0.39 is 0 Å². The van der Waals surface area contributed by atoms with Gasteiger partial charge in [0.2, 0.25) is 10.7 Å². The summed E-state index contributed by atoms with van der Waals surface area (Å²) < 4.78 is 28.7. The first-order chi connectivity index (χ1) is 15.1. The minimum atomic E-state index is 0.516. The molecule has 2 heterocycles. The fourth-order valence-corrected chi connectivity index (χ4v) is 4.15. The third kappa shape index (κ3) is 3.81. The zero-order chi connectivity index (χ0) is 22.0. The quantitative estimate of drug-likeness (QED) is 0.410. The third-order valence-corrected chi connectivity index (χ3v) is 5.66. The maximum atomic E-state index is 5.45. The highest BCUT2D eigenvalue weighted by molar-refractivity contribution is 7.16. The first-order valence-corrected chi connectivity index (χ1v) is 10.2. The summed E-state index contributed by atoms with van der Waals surface area (Å²) in [5, 5.41) is 14.2. The number of rotatable bonds is 8. The summed E-state index contributed by atoms with van der Waals surface area (Å²) in [4.78, 5) is 0.694. The van der Waals surface area contributed by atoms with Crippen LogP contribution in [-0.4, -0.2) is 55.4 Å². The Hall–Kier alpha value is -3.53. The van der Waals surface area contributed by atoms with E-state index in [0.717, 1.165) is 16.1 Å². The van der Waals surface area contributed by atoms with Gasteiger partial charge in [0.25, 0.3) is 0 Å². The van der Waals surface area contributed by atoms with Gasteiger partial charge < -0.3 is 23.7 Å².